The summed E-state index contributed by atoms with van der Waals surface area (Å²) in [6, 6.07) is 2.34. The Balaban J connectivity index is 1.75. The number of hydrogen-bond donors (Lipinski definition) is 1. The molecule has 0 aromatic carbocycles. The van der Waals surface area contributed by atoms with Crippen LogP contribution < -0.4 is 5.14 Å². The van der Waals surface area contributed by atoms with Crippen LogP contribution in [0.25, 0.3) is 11.0 Å². The summed E-state index contributed by atoms with van der Waals surface area (Å²) in [7, 11) is -3.85. The van der Waals surface area contributed by atoms with Gasteiger partial charge in [-0.15, -0.1) is 0 Å². The Labute approximate surface area is 123 Å². The topological polar surface area (TPSA) is 100 Å². The predicted octanol–water partition coefficient (Wildman–Crippen LogP) is 1.30. The van der Waals surface area contributed by atoms with Gasteiger partial charge in [-0.1, -0.05) is 0 Å². The van der Waals surface area contributed by atoms with Gasteiger partial charge < -0.3 is 4.57 Å². The Kier molecular flexibility index (Phi) is 3.68. The minimum atomic E-state index is -3.85. The van der Waals surface area contributed by atoms with Crippen LogP contribution in [0.1, 0.15) is 31.0 Å². The molecule has 2 aromatic rings. The summed E-state index contributed by atoms with van der Waals surface area (Å²) >= 11 is 0. The third-order valence-corrected chi connectivity index (χ3v) is 4.55. The Morgan fingerprint density at radius 3 is 3.00 bits per heavy atom. The van der Waals surface area contributed by atoms with E-state index < -0.39 is 10.3 Å². The van der Waals surface area contributed by atoms with Gasteiger partial charge in [-0.25, -0.2) is 15.1 Å². The predicted molar refractivity (Wildman–Crippen MR) is 77.7 cm³/mol. The molecule has 2 N–H and O–H groups in total. The Morgan fingerprint density at radius 1 is 1.43 bits per heavy atom. The van der Waals surface area contributed by atoms with Crippen LogP contribution in [0, 0.1) is 12.8 Å². The van der Waals surface area contributed by atoms with Crippen LogP contribution in [0.3, 0.4) is 0 Å². The fourth-order valence-electron chi connectivity index (χ4n) is 3.04. The van der Waals surface area contributed by atoms with Crippen molar-refractivity contribution in [1.82, 2.24) is 14.5 Å². The lowest BCUT2D eigenvalue weighted by atomic mass is 10.1. The van der Waals surface area contributed by atoms with E-state index >= 15 is 0 Å². The molecule has 1 fully saturated rings. The van der Waals surface area contributed by atoms with Crippen LogP contribution in [0.2, 0.25) is 0 Å². The summed E-state index contributed by atoms with van der Waals surface area (Å²) in [6.45, 7) is 2.12. The Bertz CT molecular complexity index is 756. The number of fused-ring (bicyclic) bond motifs is 1. The van der Waals surface area contributed by atoms with Crippen LogP contribution in [0.4, 0.5) is 0 Å². The molecule has 0 spiro atoms. The number of nitrogens with two attached hydrogens (primary N) is 1. The van der Waals surface area contributed by atoms with Crippen LogP contribution in [-0.2, 0) is 14.5 Å². The fourth-order valence-corrected chi connectivity index (χ4v) is 3.42. The number of hydrogen-bond acceptors (Lipinski definition) is 5. The average Bonchev–Trinajstić information content (AvgIpc) is 3.02. The minimum Gasteiger partial charge on any atom is -0.329 e. The summed E-state index contributed by atoms with van der Waals surface area (Å²) in [5.41, 5.74) is 1.89. The quantitative estimate of drug-likeness (QED) is 0.917. The fraction of sp³-hybridized carbons (Fsp3) is 0.538. The van der Waals surface area contributed by atoms with Crippen molar-refractivity contribution in [3.63, 3.8) is 0 Å². The normalized spacial score (nSPS) is 23.0. The van der Waals surface area contributed by atoms with E-state index in [0.717, 1.165) is 36.0 Å². The van der Waals surface area contributed by atoms with Gasteiger partial charge >= 0.3 is 10.3 Å². The summed E-state index contributed by atoms with van der Waals surface area (Å²) in [5.74, 6) is 0.203. The number of aryl methyl sites for hydroxylation is 1. The van der Waals surface area contributed by atoms with Crippen LogP contribution in [0.15, 0.2) is 18.6 Å². The van der Waals surface area contributed by atoms with E-state index in [1.54, 1.807) is 6.33 Å². The highest BCUT2D eigenvalue weighted by Crippen LogP contribution is 2.36. The molecule has 8 heteroatoms. The zero-order valence-corrected chi connectivity index (χ0v) is 12.6. The van der Waals surface area contributed by atoms with Gasteiger partial charge in [0.25, 0.3) is 0 Å². The molecule has 0 unspecified atom stereocenters. The molecule has 1 aliphatic rings. The summed E-state index contributed by atoms with van der Waals surface area (Å²) in [5, 5.41) is 5.92. The lowest BCUT2D eigenvalue weighted by Crippen LogP contribution is -2.19. The lowest BCUT2D eigenvalue weighted by Gasteiger charge is -2.14. The van der Waals surface area contributed by atoms with Gasteiger partial charge in [0.1, 0.15) is 12.0 Å². The molecule has 3 rings (SSSR count). The third-order valence-electron chi connectivity index (χ3n) is 4.08. The van der Waals surface area contributed by atoms with Gasteiger partial charge in [-0.3, -0.25) is 4.18 Å². The van der Waals surface area contributed by atoms with Crippen LogP contribution >= 0.6 is 0 Å². The maximum absolute atomic E-state index is 10.8. The van der Waals surface area contributed by atoms with Crippen molar-refractivity contribution in [2.45, 2.75) is 32.2 Å². The van der Waals surface area contributed by atoms with Gasteiger partial charge in [-0.2, -0.15) is 8.42 Å². The monoisotopic (exact) mass is 310 g/mol. The molecule has 0 bridgehead atoms. The Morgan fingerprint density at radius 2 is 2.24 bits per heavy atom. The highest BCUT2D eigenvalue weighted by molar-refractivity contribution is 7.84. The number of rotatable bonds is 4. The second-order valence-corrected chi connectivity index (χ2v) is 6.75. The molecule has 0 radical (unpaired) electrons. The maximum atomic E-state index is 10.8. The van der Waals surface area contributed by atoms with Gasteiger partial charge in [0, 0.05) is 17.6 Å². The number of aromatic nitrogens is 3. The average molecular weight is 310 g/mol. The van der Waals surface area contributed by atoms with Crippen LogP contribution in [0.5, 0.6) is 0 Å². The molecule has 1 saturated carbocycles. The van der Waals surface area contributed by atoms with Crippen molar-refractivity contribution in [2.24, 2.45) is 11.1 Å². The van der Waals surface area contributed by atoms with E-state index in [1.807, 2.05) is 19.2 Å². The summed E-state index contributed by atoms with van der Waals surface area (Å²) in [4.78, 5) is 8.56. The SMILES string of the molecule is Cc1ncnc2c1ccn2[C@H]1CC[C@H](COS(N)(=O)=O)C1. The first-order valence-electron chi connectivity index (χ1n) is 6.89. The highest BCUT2D eigenvalue weighted by atomic mass is 32.2. The molecule has 2 aromatic heterocycles. The molecule has 2 heterocycles. The van der Waals surface area contributed by atoms with Crippen LogP contribution in [-0.4, -0.2) is 29.6 Å². The molecule has 0 saturated heterocycles. The van der Waals surface area contributed by atoms with Crippen molar-refractivity contribution in [3.8, 4) is 0 Å². The molecule has 2 atom stereocenters. The van der Waals surface area contributed by atoms with E-state index in [0.29, 0.717) is 6.04 Å². The van der Waals surface area contributed by atoms with Gasteiger partial charge in [0.15, 0.2) is 0 Å². The standard InChI is InChI=1S/C13H18N4O3S/c1-9-12-4-5-17(13(12)16-8-15-9)11-3-2-10(6-11)7-20-21(14,18)19/h4-5,8,10-11H,2-3,6-7H2,1H3,(H2,14,18,19)/t10-,11-/m0/s1. The Hall–Kier alpha value is -1.51. The molecule has 0 aliphatic heterocycles. The van der Waals surface area contributed by atoms with E-state index in [1.165, 1.54) is 0 Å². The van der Waals surface area contributed by atoms with Crippen molar-refractivity contribution >= 4 is 21.3 Å². The molecule has 21 heavy (non-hydrogen) atoms. The highest BCUT2D eigenvalue weighted by Gasteiger charge is 2.28. The first-order chi connectivity index (χ1) is 9.94. The summed E-state index contributed by atoms with van der Waals surface area (Å²) in [6.07, 6.45) is 6.36. The van der Waals surface area contributed by atoms with E-state index in [9.17, 15) is 8.42 Å². The largest absolute Gasteiger partial charge is 0.333 e. The first kappa shape index (κ1) is 14.4. The smallest absolute Gasteiger partial charge is 0.329 e. The van der Waals surface area contributed by atoms with Crippen molar-refractivity contribution < 1.29 is 12.6 Å². The second-order valence-electron chi connectivity index (χ2n) is 5.53. The van der Waals surface area contributed by atoms with Crippen molar-refractivity contribution in [2.75, 3.05) is 6.61 Å². The molecule has 0 amide bonds. The zero-order chi connectivity index (χ0) is 15.0. The second kappa shape index (κ2) is 5.36. The van der Waals surface area contributed by atoms with Gasteiger partial charge in [0.2, 0.25) is 0 Å². The lowest BCUT2D eigenvalue weighted by molar-refractivity contribution is 0.253. The van der Waals surface area contributed by atoms with E-state index in [2.05, 4.69) is 14.5 Å². The van der Waals surface area contributed by atoms with Gasteiger partial charge in [-0.05, 0) is 38.2 Å². The molecular formula is C13H18N4O3S. The van der Waals surface area contributed by atoms with E-state index in [-0.39, 0.29) is 12.5 Å². The third kappa shape index (κ3) is 3.07. The molecule has 114 valence electrons. The summed E-state index contributed by atoms with van der Waals surface area (Å²) < 4.78 is 28.5. The maximum Gasteiger partial charge on any atom is 0.333 e. The molecular weight excluding hydrogens is 292 g/mol. The molecule has 7 nitrogen and oxygen atoms in total. The van der Waals surface area contributed by atoms with Crippen molar-refractivity contribution in [1.29, 1.82) is 0 Å². The van der Waals surface area contributed by atoms with E-state index in [4.69, 9.17) is 9.32 Å². The number of nitrogens with zero attached hydrogens (tertiary/aromatic N) is 3. The first-order valence-corrected chi connectivity index (χ1v) is 8.36. The van der Waals surface area contributed by atoms with Gasteiger partial charge in [0.05, 0.1) is 12.3 Å². The molecule has 1 aliphatic carbocycles. The minimum absolute atomic E-state index is 0.155. The van der Waals surface area contributed by atoms with Crippen molar-refractivity contribution in [3.05, 3.63) is 24.3 Å². The zero-order valence-electron chi connectivity index (χ0n) is 11.8.